The molecule has 2 nitrogen and oxygen atoms in total. The van der Waals surface area contributed by atoms with Crippen molar-refractivity contribution < 1.29 is 18.0 Å². The van der Waals surface area contributed by atoms with E-state index in [0.717, 1.165) is 18.2 Å². The molecule has 0 aliphatic carbocycles. The van der Waals surface area contributed by atoms with Crippen molar-refractivity contribution in [1.29, 1.82) is 0 Å². The highest BCUT2D eigenvalue weighted by Gasteiger charge is 2.15. The molecule has 0 aromatic heterocycles. The number of carbonyl (C=O) groups excluding carboxylic acids is 1. The fourth-order valence-corrected chi connectivity index (χ4v) is 2.04. The quantitative estimate of drug-likeness (QED) is 0.858. The van der Waals surface area contributed by atoms with Crippen molar-refractivity contribution in [2.24, 2.45) is 0 Å². The molecule has 104 valence electrons. The van der Waals surface area contributed by atoms with Crippen LogP contribution in [-0.4, -0.2) is 5.91 Å². The minimum absolute atomic E-state index is 0.116. The van der Waals surface area contributed by atoms with Crippen molar-refractivity contribution in [3.8, 4) is 0 Å². The summed E-state index contributed by atoms with van der Waals surface area (Å²) in [6.07, 6.45) is 0. The normalized spacial score (nSPS) is 10.4. The summed E-state index contributed by atoms with van der Waals surface area (Å²) in [6.45, 7) is 1.49. The molecule has 0 saturated heterocycles. The number of benzene rings is 2. The predicted octanol–water partition coefficient (Wildman–Crippen LogP) is 4.43. The molecular formula is C14H9BrF3NO. The van der Waals surface area contributed by atoms with Crippen LogP contribution in [0, 0.1) is 24.4 Å². The lowest BCUT2D eigenvalue weighted by Gasteiger charge is -2.09. The molecule has 0 fully saturated rings. The van der Waals surface area contributed by atoms with E-state index in [1.807, 2.05) is 0 Å². The molecule has 2 rings (SSSR count). The number of nitrogens with one attached hydrogen (secondary N) is 1. The number of amides is 1. The Labute approximate surface area is 121 Å². The Bertz CT molecular complexity index is 665. The molecule has 0 bridgehead atoms. The predicted molar refractivity (Wildman–Crippen MR) is 73.1 cm³/mol. The van der Waals surface area contributed by atoms with Gasteiger partial charge in [-0.25, -0.2) is 13.2 Å². The first-order valence-electron chi connectivity index (χ1n) is 5.60. The second-order valence-corrected chi connectivity index (χ2v) is 5.08. The van der Waals surface area contributed by atoms with Crippen molar-refractivity contribution >= 4 is 27.5 Å². The van der Waals surface area contributed by atoms with Crippen LogP contribution in [0.4, 0.5) is 18.9 Å². The number of carbonyl (C=O) groups is 1. The smallest absolute Gasteiger partial charge is 0.255 e. The van der Waals surface area contributed by atoms with Gasteiger partial charge in [-0.3, -0.25) is 4.79 Å². The largest absolute Gasteiger partial charge is 0.317 e. The third-order valence-electron chi connectivity index (χ3n) is 2.67. The molecule has 0 saturated carbocycles. The van der Waals surface area contributed by atoms with Gasteiger partial charge in [0.25, 0.3) is 5.91 Å². The molecule has 6 heteroatoms. The molecule has 0 radical (unpaired) electrons. The molecular weight excluding hydrogens is 335 g/mol. The van der Waals surface area contributed by atoms with E-state index in [9.17, 15) is 18.0 Å². The van der Waals surface area contributed by atoms with Gasteiger partial charge < -0.3 is 5.32 Å². The SMILES string of the molecule is Cc1cc(C(=O)Nc2c(F)cc(Br)cc2F)ccc1F. The van der Waals surface area contributed by atoms with Gasteiger partial charge in [0, 0.05) is 10.0 Å². The molecule has 0 atom stereocenters. The fourth-order valence-electron chi connectivity index (χ4n) is 1.63. The standard InChI is InChI=1S/C14H9BrF3NO/c1-7-4-8(2-3-10(7)16)14(20)19-13-11(17)5-9(15)6-12(13)18/h2-6H,1H3,(H,19,20). The lowest BCUT2D eigenvalue weighted by molar-refractivity contribution is 0.102. The van der Waals surface area contributed by atoms with Gasteiger partial charge in [0.1, 0.15) is 11.5 Å². The zero-order valence-electron chi connectivity index (χ0n) is 10.3. The number of halogens is 4. The average molecular weight is 344 g/mol. The van der Waals surface area contributed by atoms with Gasteiger partial charge in [-0.15, -0.1) is 0 Å². The third-order valence-corrected chi connectivity index (χ3v) is 3.12. The van der Waals surface area contributed by atoms with Gasteiger partial charge in [-0.2, -0.15) is 0 Å². The minimum atomic E-state index is -0.899. The highest BCUT2D eigenvalue weighted by atomic mass is 79.9. The van der Waals surface area contributed by atoms with Crippen molar-refractivity contribution in [3.63, 3.8) is 0 Å². The van der Waals surface area contributed by atoms with Crippen molar-refractivity contribution in [2.45, 2.75) is 6.92 Å². The summed E-state index contributed by atoms with van der Waals surface area (Å²) in [5, 5.41) is 2.14. The second-order valence-electron chi connectivity index (χ2n) is 4.16. The summed E-state index contributed by atoms with van der Waals surface area (Å²) >= 11 is 2.94. The van der Waals surface area contributed by atoms with E-state index in [2.05, 4.69) is 21.2 Å². The van der Waals surface area contributed by atoms with Crippen LogP contribution in [0.3, 0.4) is 0 Å². The fraction of sp³-hybridized carbons (Fsp3) is 0.0714. The Morgan fingerprint density at radius 1 is 1.05 bits per heavy atom. The summed E-state index contributed by atoms with van der Waals surface area (Å²) in [5.41, 5.74) is -0.153. The first-order valence-corrected chi connectivity index (χ1v) is 6.40. The number of hydrogen-bond donors (Lipinski definition) is 1. The first-order chi connectivity index (χ1) is 9.38. The van der Waals surface area contributed by atoms with Crippen molar-refractivity contribution in [2.75, 3.05) is 5.32 Å². The summed E-state index contributed by atoms with van der Waals surface area (Å²) in [7, 11) is 0. The van der Waals surface area contributed by atoms with Crippen molar-refractivity contribution in [3.05, 3.63) is 63.4 Å². The van der Waals surface area contributed by atoms with Crippen LogP contribution in [0.25, 0.3) is 0 Å². The molecule has 0 aliphatic heterocycles. The topological polar surface area (TPSA) is 29.1 Å². The summed E-state index contributed by atoms with van der Waals surface area (Å²) in [6, 6.07) is 5.74. The summed E-state index contributed by atoms with van der Waals surface area (Å²) in [5.74, 6) is -2.97. The maximum Gasteiger partial charge on any atom is 0.255 e. The van der Waals surface area contributed by atoms with E-state index in [-0.39, 0.29) is 15.6 Å². The lowest BCUT2D eigenvalue weighted by atomic mass is 10.1. The number of aryl methyl sites for hydroxylation is 1. The molecule has 1 N–H and O–H groups in total. The van der Waals surface area contributed by atoms with Crippen LogP contribution in [0.1, 0.15) is 15.9 Å². The maximum absolute atomic E-state index is 13.6. The van der Waals surface area contributed by atoms with Crippen LogP contribution in [0.15, 0.2) is 34.8 Å². The monoisotopic (exact) mass is 343 g/mol. The van der Waals surface area contributed by atoms with E-state index in [0.29, 0.717) is 0 Å². The average Bonchev–Trinajstić information content (AvgIpc) is 2.36. The number of rotatable bonds is 2. The Hall–Kier alpha value is -1.82. The van der Waals surface area contributed by atoms with Gasteiger partial charge in [-0.05, 0) is 42.8 Å². The molecule has 0 heterocycles. The van der Waals surface area contributed by atoms with E-state index in [1.54, 1.807) is 0 Å². The highest BCUT2D eigenvalue weighted by molar-refractivity contribution is 9.10. The highest BCUT2D eigenvalue weighted by Crippen LogP contribution is 2.24. The van der Waals surface area contributed by atoms with Gasteiger partial charge in [0.05, 0.1) is 0 Å². The zero-order valence-corrected chi connectivity index (χ0v) is 11.9. The second kappa shape index (κ2) is 5.66. The minimum Gasteiger partial charge on any atom is -0.317 e. The van der Waals surface area contributed by atoms with Crippen LogP contribution < -0.4 is 5.32 Å². The molecule has 0 spiro atoms. The molecule has 0 unspecified atom stereocenters. The van der Waals surface area contributed by atoms with Crippen LogP contribution in [0.2, 0.25) is 0 Å². The van der Waals surface area contributed by atoms with E-state index >= 15 is 0 Å². The van der Waals surface area contributed by atoms with E-state index < -0.39 is 29.0 Å². The Morgan fingerprint density at radius 2 is 1.65 bits per heavy atom. The summed E-state index contributed by atoms with van der Waals surface area (Å²) in [4.78, 5) is 11.9. The Kier molecular flexibility index (Phi) is 4.13. The molecule has 20 heavy (non-hydrogen) atoms. The van der Waals surface area contributed by atoms with Crippen molar-refractivity contribution in [1.82, 2.24) is 0 Å². The lowest BCUT2D eigenvalue weighted by Crippen LogP contribution is -2.14. The van der Waals surface area contributed by atoms with E-state index in [4.69, 9.17) is 0 Å². The van der Waals surface area contributed by atoms with Gasteiger partial charge in [-0.1, -0.05) is 15.9 Å². The summed E-state index contributed by atoms with van der Waals surface area (Å²) < 4.78 is 40.5. The van der Waals surface area contributed by atoms with Crippen LogP contribution in [0.5, 0.6) is 0 Å². The van der Waals surface area contributed by atoms with Gasteiger partial charge in [0.15, 0.2) is 11.6 Å². The maximum atomic E-state index is 13.6. The molecule has 2 aromatic carbocycles. The molecule has 1 amide bonds. The Morgan fingerprint density at radius 3 is 2.20 bits per heavy atom. The first kappa shape index (κ1) is 14.6. The third kappa shape index (κ3) is 3.01. The number of anilines is 1. The molecule has 2 aromatic rings. The van der Waals surface area contributed by atoms with Crippen LogP contribution in [-0.2, 0) is 0 Å². The number of hydrogen-bond acceptors (Lipinski definition) is 1. The van der Waals surface area contributed by atoms with E-state index in [1.165, 1.54) is 19.1 Å². The molecule has 0 aliphatic rings. The van der Waals surface area contributed by atoms with Crippen LogP contribution >= 0.6 is 15.9 Å². The zero-order chi connectivity index (χ0) is 14.9. The van der Waals surface area contributed by atoms with Gasteiger partial charge in [0.2, 0.25) is 0 Å². The van der Waals surface area contributed by atoms with Gasteiger partial charge >= 0.3 is 0 Å². The Balaban J connectivity index is 2.30.